The van der Waals surface area contributed by atoms with Crippen molar-refractivity contribution in [2.75, 3.05) is 21.3 Å². The molecule has 0 aliphatic carbocycles. The summed E-state index contributed by atoms with van der Waals surface area (Å²) in [4.78, 5) is 11.6. The Kier molecular flexibility index (Phi) is 3.70. The number of hydrogen-bond donors (Lipinski definition) is 1. The number of carboxylic acids is 1. The van der Waals surface area contributed by atoms with Crippen molar-refractivity contribution in [1.82, 2.24) is 0 Å². The van der Waals surface area contributed by atoms with E-state index in [1.54, 1.807) is 0 Å². The van der Waals surface area contributed by atoms with E-state index in [2.05, 4.69) is 0 Å². The van der Waals surface area contributed by atoms with Gasteiger partial charge in [0.2, 0.25) is 0 Å². The molecule has 0 unspecified atom stereocenters. The predicted molar refractivity (Wildman–Crippen MR) is 75.3 cm³/mol. The monoisotopic (exact) mass is 276 g/mol. The second-order valence-electron chi connectivity index (χ2n) is 4.28. The lowest BCUT2D eigenvalue weighted by Gasteiger charge is -2.18. The van der Waals surface area contributed by atoms with Crippen molar-refractivity contribution >= 4 is 16.7 Å². The van der Waals surface area contributed by atoms with Gasteiger partial charge in [-0.1, -0.05) is 18.2 Å². The molecule has 0 atom stereocenters. The minimum absolute atomic E-state index is 0.0337. The molecule has 0 bridgehead atoms. The Morgan fingerprint density at radius 2 is 1.60 bits per heavy atom. The highest BCUT2D eigenvalue weighted by molar-refractivity contribution is 6.08. The number of carbonyl (C=O) groups is 1. The number of ether oxygens (including phenoxy) is 3. The van der Waals surface area contributed by atoms with Gasteiger partial charge in [-0.15, -0.1) is 0 Å². The van der Waals surface area contributed by atoms with Crippen molar-refractivity contribution in [1.29, 1.82) is 0 Å². The molecule has 0 saturated carbocycles. The fourth-order valence-electron chi connectivity index (χ4n) is 2.42. The second kappa shape index (κ2) is 5.28. The molecule has 106 valence electrons. The number of hydrogen-bond acceptors (Lipinski definition) is 4. The van der Waals surface area contributed by atoms with Crippen molar-refractivity contribution in [2.24, 2.45) is 0 Å². The zero-order valence-electron chi connectivity index (χ0n) is 11.8. The largest absolute Gasteiger partial charge is 0.495 e. The number of aryl methyl sites for hydroxylation is 1. The predicted octanol–water partition coefficient (Wildman–Crippen LogP) is 2.87. The van der Waals surface area contributed by atoms with Gasteiger partial charge in [-0.05, 0) is 12.5 Å². The lowest BCUT2D eigenvalue weighted by atomic mass is 9.99. The van der Waals surface area contributed by atoms with Gasteiger partial charge in [-0.25, -0.2) is 4.79 Å². The van der Waals surface area contributed by atoms with Gasteiger partial charge < -0.3 is 19.3 Å². The van der Waals surface area contributed by atoms with Crippen LogP contribution in [0, 0.1) is 6.92 Å². The summed E-state index contributed by atoms with van der Waals surface area (Å²) in [7, 11) is 4.34. The lowest BCUT2D eigenvalue weighted by molar-refractivity contribution is 0.0689. The second-order valence-corrected chi connectivity index (χ2v) is 4.28. The fraction of sp³-hybridized carbons (Fsp3) is 0.267. The molecule has 0 fully saturated rings. The molecule has 0 aliphatic heterocycles. The van der Waals surface area contributed by atoms with Crippen LogP contribution in [0.1, 0.15) is 15.9 Å². The highest BCUT2D eigenvalue weighted by Gasteiger charge is 2.27. The number of rotatable bonds is 4. The summed E-state index contributed by atoms with van der Waals surface area (Å²) in [6.07, 6.45) is 0. The molecule has 0 aliphatic rings. The molecule has 0 saturated heterocycles. The third kappa shape index (κ3) is 1.91. The van der Waals surface area contributed by atoms with Crippen LogP contribution in [0.3, 0.4) is 0 Å². The van der Waals surface area contributed by atoms with Crippen LogP contribution in [0.2, 0.25) is 0 Å². The third-order valence-electron chi connectivity index (χ3n) is 3.23. The first kappa shape index (κ1) is 14.0. The number of fused-ring (bicyclic) bond motifs is 1. The van der Waals surface area contributed by atoms with E-state index in [1.807, 2.05) is 25.1 Å². The van der Waals surface area contributed by atoms with E-state index in [0.29, 0.717) is 11.1 Å². The first-order valence-electron chi connectivity index (χ1n) is 6.01. The molecule has 2 rings (SSSR count). The van der Waals surface area contributed by atoms with E-state index in [1.165, 1.54) is 21.3 Å². The van der Waals surface area contributed by atoms with Crippen LogP contribution in [0.15, 0.2) is 18.2 Å². The van der Waals surface area contributed by atoms with Crippen LogP contribution in [0.4, 0.5) is 0 Å². The SMILES string of the molecule is COc1c(C(=O)O)c(OC)c2c(C)cccc2c1OC. The zero-order chi connectivity index (χ0) is 14.9. The zero-order valence-corrected chi connectivity index (χ0v) is 11.8. The molecule has 0 aromatic heterocycles. The van der Waals surface area contributed by atoms with Gasteiger partial charge in [-0.3, -0.25) is 0 Å². The Balaban J connectivity index is 3.09. The smallest absolute Gasteiger partial charge is 0.343 e. The molecule has 5 nitrogen and oxygen atoms in total. The molecule has 2 aromatic carbocycles. The van der Waals surface area contributed by atoms with Crippen LogP contribution in [-0.4, -0.2) is 32.4 Å². The standard InChI is InChI=1S/C15H16O5/c1-8-6-5-7-9-10(8)13(19-3)11(15(16)17)14(20-4)12(9)18-2/h5-7H,1-4H3,(H,16,17). The highest BCUT2D eigenvalue weighted by atomic mass is 16.5. The first-order chi connectivity index (χ1) is 9.56. The molecule has 1 N–H and O–H groups in total. The minimum atomic E-state index is -1.12. The molecule has 0 radical (unpaired) electrons. The van der Waals surface area contributed by atoms with Crippen LogP contribution >= 0.6 is 0 Å². The maximum Gasteiger partial charge on any atom is 0.343 e. The summed E-state index contributed by atoms with van der Waals surface area (Å²) in [6.45, 7) is 1.89. The topological polar surface area (TPSA) is 65.0 Å². The van der Waals surface area contributed by atoms with Gasteiger partial charge in [0, 0.05) is 10.8 Å². The molecular weight excluding hydrogens is 260 g/mol. The molecule has 0 amide bonds. The molecular formula is C15H16O5. The average molecular weight is 276 g/mol. The summed E-state index contributed by atoms with van der Waals surface area (Å²) in [5.41, 5.74) is 0.872. The van der Waals surface area contributed by atoms with Crippen LogP contribution in [0.25, 0.3) is 10.8 Å². The molecule has 20 heavy (non-hydrogen) atoms. The Bertz CT molecular complexity index is 676. The summed E-state index contributed by atoms with van der Waals surface area (Å²) in [5, 5.41) is 10.9. The van der Waals surface area contributed by atoms with E-state index >= 15 is 0 Å². The lowest BCUT2D eigenvalue weighted by Crippen LogP contribution is -2.07. The van der Waals surface area contributed by atoms with E-state index in [-0.39, 0.29) is 17.1 Å². The molecule has 2 aromatic rings. The number of benzene rings is 2. The van der Waals surface area contributed by atoms with Crippen LogP contribution in [-0.2, 0) is 0 Å². The maximum absolute atomic E-state index is 11.6. The van der Waals surface area contributed by atoms with Gasteiger partial charge >= 0.3 is 5.97 Å². The Morgan fingerprint density at radius 1 is 1.00 bits per heavy atom. The van der Waals surface area contributed by atoms with Crippen LogP contribution < -0.4 is 14.2 Å². The van der Waals surface area contributed by atoms with Crippen molar-refractivity contribution < 1.29 is 24.1 Å². The van der Waals surface area contributed by atoms with Gasteiger partial charge in [0.25, 0.3) is 0 Å². The van der Waals surface area contributed by atoms with Crippen molar-refractivity contribution in [3.05, 3.63) is 29.3 Å². The van der Waals surface area contributed by atoms with Crippen molar-refractivity contribution in [3.8, 4) is 17.2 Å². The van der Waals surface area contributed by atoms with Gasteiger partial charge in [0.05, 0.1) is 21.3 Å². The summed E-state index contributed by atoms with van der Waals surface area (Å²) < 4.78 is 15.9. The highest BCUT2D eigenvalue weighted by Crippen LogP contribution is 2.46. The molecule has 5 heteroatoms. The minimum Gasteiger partial charge on any atom is -0.495 e. The van der Waals surface area contributed by atoms with Crippen molar-refractivity contribution in [2.45, 2.75) is 6.92 Å². The first-order valence-corrected chi connectivity index (χ1v) is 6.01. The van der Waals surface area contributed by atoms with E-state index < -0.39 is 5.97 Å². The summed E-state index contributed by atoms with van der Waals surface area (Å²) >= 11 is 0. The summed E-state index contributed by atoms with van der Waals surface area (Å²) in [6, 6.07) is 5.61. The Morgan fingerprint density at radius 3 is 2.10 bits per heavy atom. The fourth-order valence-corrected chi connectivity index (χ4v) is 2.42. The number of aromatic carboxylic acids is 1. The van der Waals surface area contributed by atoms with E-state index in [9.17, 15) is 9.90 Å². The van der Waals surface area contributed by atoms with E-state index in [0.717, 1.165) is 10.9 Å². The number of methoxy groups -OCH3 is 3. The maximum atomic E-state index is 11.6. The molecule has 0 spiro atoms. The normalized spacial score (nSPS) is 10.4. The Labute approximate surface area is 116 Å². The third-order valence-corrected chi connectivity index (χ3v) is 3.23. The van der Waals surface area contributed by atoms with Crippen LogP contribution in [0.5, 0.6) is 17.2 Å². The summed E-state index contributed by atoms with van der Waals surface area (Å²) in [5.74, 6) is -0.287. The van der Waals surface area contributed by atoms with Gasteiger partial charge in [0.15, 0.2) is 11.5 Å². The molecule has 0 heterocycles. The van der Waals surface area contributed by atoms with Gasteiger partial charge in [-0.2, -0.15) is 0 Å². The van der Waals surface area contributed by atoms with E-state index in [4.69, 9.17) is 14.2 Å². The van der Waals surface area contributed by atoms with Gasteiger partial charge in [0.1, 0.15) is 11.3 Å². The quantitative estimate of drug-likeness (QED) is 0.930. The Hall–Kier alpha value is -2.43. The average Bonchev–Trinajstić information content (AvgIpc) is 2.44. The van der Waals surface area contributed by atoms with Crippen molar-refractivity contribution in [3.63, 3.8) is 0 Å². The number of carboxylic acid groups (broad SMARTS) is 1.